The molecule has 0 atom stereocenters. The van der Waals surface area contributed by atoms with Crippen LogP contribution in [0.15, 0.2) is 12.1 Å². The maximum atomic E-state index is 5.71. The number of nitrogens with one attached hydrogen (secondary N) is 1. The monoisotopic (exact) mass is 247 g/mol. The van der Waals surface area contributed by atoms with Gasteiger partial charge in [-0.3, -0.25) is 0 Å². The second-order valence-electron chi connectivity index (χ2n) is 5.07. The standard InChI is InChI=1S/C15H21NO2/c1-2-11-9-14-15(18-8-7-17-14)10-13(11)12-3-5-16-6-4-12/h9-10,12,16H,2-8H2,1H3. The molecule has 98 valence electrons. The largest absolute Gasteiger partial charge is 0.486 e. The Balaban J connectivity index is 1.95. The van der Waals surface area contributed by atoms with E-state index in [1.807, 2.05) is 0 Å². The maximum absolute atomic E-state index is 5.71. The number of hydrogen-bond donors (Lipinski definition) is 1. The average Bonchev–Trinajstić information content (AvgIpc) is 2.46. The van der Waals surface area contributed by atoms with Crippen molar-refractivity contribution in [3.63, 3.8) is 0 Å². The number of aryl methyl sites for hydroxylation is 1. The third-order valence-electron chi connectivity index (χ3n) is 3.96. The zero-order valence-corrected chi connectivity index (χ0v) is 11.0. The first-order valence-corrected chi connectivity index (χ1v) is 7.01. The first-order valence-electron chi connectivity index (χ1n) is 7.01. The smallest absolute Gasteiger partial charge is 0.161 e. The van der Waals surface area contributed by atoms with Crippen molar-refractivity contribution in [2.24, 2.45) is 0 Å². The molecule has 2 heterocycles. The normalized spacial score (nSPS) is 19.8. The van der Waals surface area contributed by atoms with E-state index in [1.165, 1.54) is 24.0 Å². The van der Waals surface area contributed by atoms with E-state index in [2.05, 4.69) is 24.4 Å². The molecular formula is C15H21NO2. The summed E-state index contributed by atoms with van der Waals surface area (Å²) >= 11 is 0. The van der Waals surface area contributed by atoms with Crippen LogP contribution in [-0.4, -0.2) is 26.3 Å². The topological polar surface area (TPSA) is 30.5 Å². The zero-order chi connectivity index (χ0) is 12.4. The van der Waals surface area contributed by atoms with Crippen molar-refractivity contribution in [1.29, 1.82) is 0 Å². The predicted octanol–water partition coefficient (Wildman–Crippen LogP) is 2.49. The number of ether oxygens (including phenoxy) is 2. The number of fused-ring (bicyclic) bond motifs is 1. The molecule has 1 aromatic carbocycles. The fourth-order valence-corrected chi connectivity index (χ4v) is 2.97. The first kappa shape index (κ1) is 11.8. The summed E-state index contributed by atoms with van der Waals surface area (Å²) in [4.78, 5) is 0. The van der Waals surface area contributed by atoms with Crippen molar-refractivity contribution in [3.05, 3.63) is 23.3 Å². The van der Waals surface area contributed by atoms with Crippen LogP contribution in [0.5, 0.6) is 11.5 Å². The van der Waals surface area contributed by atoms with Gasteiger partial charge in [0.2, 0.25) is 0 Å². The van der Waals surface area contributed by atoms with Crippen LogP contribution in [0.3, 0.4) is 0 Å². The van der Waals surface area contributed by atoms with Gasteiger partial charge in [0.1, 0.15) is 13.2 Å². The molecule has 0 saturated carbocycles. The highest BCUT2D eigenvalue weighted by Crippen LogP contribution is 2.38. The molecule has 3 heteroatoms. The van der Waals surface area contributed by atoms with Gasteiger partial charge in [-0.1, -0.05) is 6.92 Å². The number of benzene rings is 1. The van der Waals surface area contributed by atoms with Crippen molar-refractivity contribution < 1.29 is 9.47 Å². The Kier molecular flexibility index (Phi) is 3.41. The Morgan fingerprint density at radius 1 is 1.11 bits per heavy atom. The predicted molar refractivity (Wildman–Crippen MR) is 71.7 cm³/mol. The minimum atomic E-state index is 0.669. The molecule has 1 N–H and O–H groups in total. The van der Waals surface area contributed by atoms with Gasteiger partial charge in [-0.2, -0.15) is 0 Å². The van der Waals surface area contributed by atoms with Crippen LogP contribution in [-0.2, 0) is 6.42 Å². The molecule has 0 aliphatic carbocycles. The molecule has 0 spiro atoms. The van der Waals surface area contributed by atoms with Gasteiger partial charge in [-0.15, -0.1) is 0 Å². The number of hydrogen-bond acceptors (Lipinski definition) is 3. The summed E-state index contributed by atoms with van der Waals surface area (Å²) in [7, 11) is 0. The molecule has 2 aliphatic heterocycles. The summed E-state index contributed by atoms with van der Waals surface area (Å²) in [5, 5.41) is 3.43. The zero-order valence-electron chi connectivity index (χ0n) is 11.0. The van der Waals surface area contributed by atoms with Gasteiger partial charge in [-0.25, -0.2) is 0 Å². The maximum Gasteiger partial charge on any atom is 0.161 e. The minimum Gasteiger partial charge on any atom is -0.486 e. The molecule has 1 aromatic rings. The molecule has 0 unspecified atom stereocenters. The van der Waals surface area contributed by atoms with E-state index >= 15 is 0 Å². The minimum absolute atomic E-state index is 0.669. The SMILES string of the molecule is CCc1cc2c(cc1C1CCNCC1)OCCO2. The van der Waals surface area contributed by atoms with Crippen molar-refractivity contribution in [1.82, 2.24) is 5.32 Å². The van der Waals surface area contributed by atoms with Crippen LogP contribution in [0, 0.1) is 0 Å². The van der Waals surface area contributed by atoms with E-state index in [4.69, 9.17) is 9.47 Å². The van der Waals surface area contributed by atoms with Crippen LogP contribution >= 0.6 is 0 Å². The Hall–Kier alpha value is -1.22. The van der Waals surface area contributed by atoms with E-state index in [-0.39, 0.29) is 0 Å². The highest BCUT2D eigenvalue weighted by molar-refractivity contribution is 5.49. The third-order valence-corrected chi connectivity index (χ3v) is 3.96. The van der Waals surface area contributed by atoms with E-state index in [0.29, 0.717) is 19.1 Å². The molecule has 1 fully saturated rings. The van der Waals surface area contributed by atoms with Crippen LogP contribution < -0.4 is 14.8 Å². The third kappa shape index (κ3) is 2.19. The molecule has 1 saturated heterocycles. The van der Waals surface area contributed by atoms with E-state index in [0.717, 1.165) is 31.0 Å². The van der Waals surface area contributed by atoms with E-state index in [1.54, 1.807) is 0 Å². The van der Waals surface area contributed by atoms with Gasteiger partial charge < -0.3 is 14.8 Å². The van der Waals surface area contributed by atoms with Crippen molar-refractivity contribution >= 4 is 0 Å². The van der Waals surface area contributed by atoms with Crippen LogP contribution in [0.4, 0.5) is 0 Å². The van der Waals surface area contributed by atoms with Crippen molar-refractivity contribution in [3.8, 4) is 11.5 Å². The molecule has 0 bridgehead atoms. The Labute approximate surface area is 108 Å². The fourth-order valence-electron chi connectivity index (χ4n) is 2.97. The molecule has 18 heavy (non-hydrogen) atoms. The van der Waals surface area contributed by atoms with Gasteiger partial charge in [-0.05, 0) is 61.5 Å². The van der Waals surface area contributed by atoms with Gasteiger partial charge in [0.25, 0.3) is 0 Å². The molecule has 3 rings (SSSR count). The first-order chi connectivity index (χ1) is 8.88. The number of piperidine rings is 1. The number of rotatable bonds is 2. The molecule has 0 aromatic heterocycles. The Morgan fingerprint density at radius 2 is 1.78 bits per heavy atom. The quantitative estimate of drug-likeness (QED) is 0.871. The van der Waals surface area contributed by atoms with Crippen molar-refractivity contribution in [2.75, 3.05) is 26.3 Å². The molecule has 0 amide bonds. The lowest BCUT2D eigenvalue weighted by Gasteiger charge is -2.27. The summed E-state index contributed by atoms with van der Waals surface area (Å²) in [6.45, 7) is 5.81. The molecular weight excluding hydrogens is 226 g/mol. The second kappa shape index (κ2) is 5.19. The summed E-state index contributed by atoms with van der Waals surface area (Å²) in [5.74, 6) is 2.54. The van der Waals surface area contributed by atoms with Crippen LogP contribution in [0.2, 0.25) is 0 Å². The summed E-state index contributed by atoms with van der Waals surface area (Å²) in [5.41, 5.74) is 2.90. The van der Waals surface area contributed by atoms with Gasteiger partial charge in [0.05, 0.1) is 0 Å². The Morgan fingerprint density at radius 3 is 2.44 bits per heavy atom. The average molecular weight is 247 g/mol. The highest BCUT2D eigenvalue weighted by Gasteiger charge is 2.21. The lowest BCUT2D eigenvalue weighted by Crippen LogP contribution is -2.27. The fraction of sp³-hybridized carbons (Fsp3) is 0.600. The van der Waals surface area contributed by atoms with Gasteiger partial charge in [0, 0.05) is 0 Å². The summed E-state index contributed by atoms with van der Waals surface area (Å²) in [6, 6.07) is 4.41. The lowest BCUT2D eigenvalue weighted by molar-refractivity contribution is 0.171. The molecule has 3 nitrogen and oxygen atoms in total. The molecule has 2 aliphatic rings. The van der Waals surface area contributed by atoms with Crippen LogP contribution in [0.1, 0.15) is 36.8 Å². The molecule has 0 radical (unpaired) electrons. The lowest BCUT2D eigenvalue weighted by atomic mass is 9.86. The second-order valence-corrected chi connectivity index (χ2v) is 5.07. The van der Waals surface area contributed by atoms with Gasteiger partial charge in [0.15, 0.2) is 11.5 Å². The van der Waals surface area contributed by atoms with E-state index < -0.39 is 0 Å². The Bertz CT molecular complexity index is 425. The van der Waals surface area contributed by atoms with Gasteiger partial charge >= 0.3 is 0 Å². The van der Waals surface area contributed by atoms with Crippen molar-refractivity contribution in [2.45, 2.75) is 32.1 Å². The summed E-state index contributed by atoms with van der Waals surface area (Å²) < 4.78 is 11.4. The summed E-state index contributed by atoms with van der Waals surface area (Å²) in [6.07, 6.45) is 3.52. The van der Waals surface area contributed by atoms with Crippen LogP contribution in [0.25, 0.3) is 0 Å². The highest BCUT2D eigenvalue weighted by atomic mass is 16.6. The van der Waals surface area contributed by atoms with E-state index in [9.17, 15) is 0 Å².